The van der Waals surface area contributed by atoms with Crippen molar-refractivity contribution in [3.8, 4) is 0 Å². The van der Waals surface area contributed by atoms with Crippen molar-refractivity contribution < 1.29 is 9.90 Å². The molecule has 2 rings (SSSR count). The number of carboxylic acid groups (broad SMARTS) is 1. The number of rotatable bonds is 4. The summed E-state index contributed by atoms with van der Waals surface area (Å²) in [6.45, 7) is 6.40. The summed E-state index contributed by atoms with van der Waals surface area (Å²) in [7, 11) is 0. The van der Waals surface area contributed by atoms with Crippen molar-refractivity contribution in [3.63, 3.8) is 0 Å². The van der Waals surface area contributed by atoms with Crippen molar-refractivity contribution in [1.82, 2.24) is 14.7 Å². The van der Waals surface area contributed by atoms with Gasteiger partial charge in [0.2, 0.25) is 0 Å². The van der Waals surface area contributed by atoms with Crippen LogP contribution in [0.4, 0.5) is 0 Å². The third kappa shape index (κ3) is 2.34. The Labute approximate surface area is 101 Å². The molecule has 0 saturated carbocycles. The second-order valence-corrected chi connectivity index (χ2v) is 4.66. The Hall–Kier alpha value is -1.36. The molecule has 0 aliphatic carbocycles. The van der Waals surface area contributed by atoms with Crippen molar-refractivity contribution in [1.29, 1.82) is 0 Å². The monoisotopic (exact) mass is 237 g/mol. The summed E-state index contributed by atoms with van der Waals surface area (Å²) in [6.07, 6.45) is 2.73. The molecule has 2 heterocycles. The minimum Gasteiger partial charge on any atom is -0.480 e. The Balaban J connectivity index is 2.11. The lowest BCUT2D eigenvalue weighted by Gasteiger charge is -2.23. The largest absolute Gasteiger partial charge is 0.480 e. The fourth-order valence-electron chi connectivity index (χ4n) is 2.59. The first-order valence-electron chi connectivity index (χ1n) is 6.11. The number of aliphatic carboxylic acids is 1. The normalized spacial score (nSPS) is 25.3. The lowest BCUT2D eigenvalue weighted by molar-refractivity contribution is -0.143. The predicted octanol–water partition coefficient (Wildman–Crippen LogP) is 1.20. The SMILES string of the molecule is CCn1nccc1CN1CCC(C)C1C(=O)O. The van der Waals surface area contributed by atoms with E-state index in [-0.39, 0.29) is 12.0 Å². The molecule has 1 N–H and O–H groups in total. The molecule has 1 fully saturated rings. The highest BCUT2D eigenvalue weighted by Crippen LogP contribution is 2.25. The Bertz CT molecular complexity index is 402. The number of likely N-dealkylation sites (tertiary alicyclic amines) is 1. The lowest BCUT2D eigenvalue weighted by Crippen LogP contribution is -2.38. The highest BCUT2D eigenvalue weighted by Gasteiger charge is 2.36. The van der Waals surface area contributed by atoms with E-state index in [2.05, 4.69) is 5.10 Å². The molecule has 0 bridgehead atoms. The number of nitrogens with zero attached hydrogens (tertiary/aromatic N) is 3. The van der Waals surface area contributed by atoms with Crippen molar-refractivity contribution >= 4 is 5.97 Å². The van der Waals surface area contributed by atoms with Gasteiger partial charge < -0.3 is 5.11 Å². The molecule has 1 aliphatic rings. The molecule has 1 aromatic rings. The second kappa shape index (κ2) is 4.87. The van der Waals surface area contributed by atoms with Gasteiger partial charge in [0.15, 0.2) is 0 Å². The summed E-state index contributed by atoms with van der Waals surface area (Å²) in [5, 5.41) is 13.5. The van der Waals surface area contributed by atoms with Gasteiger partial charge in [-0.05, 0) is 31.9 Å². The molecule has 5 nitrogen and oxygen atoms in total. The molecule has 1 saturated heterocycles. The lowest BCUT2D eigenvalue weighted by atomic mass is 10.0. The van der Waals surface area contributed by atoms with E-state index in [4.69, 9.17) is 0 Å². The van der Waals surface area contributed by atoms with E-state index in [1.165, 1.54) is 0 Å². The highest BCUT2D eigenvalue weighted by atomic mass is 16.4. The molecule has 0 spiro atoms. The van der Waals surface area contributed by atoms with Crippen LogP contribution in [0.5, 0.6) is 0 Å². The van der Waals surface area contributed by atoms with Crippen LogP contribution in [0, 0.1) is 5.92 Å². The number of hydrogen-bond acceptors (Lipinski definition) is 3. The standard InChI is InChI=1S/C12H19N3O2/c1-3-15-10(4-6-13-15)8-14-7-5-9(2)11(14)12(16)17/h4,6,9,11H,3,5,7-8H2,1-2H3,(H,16,17). The quantitative estimate of drug-likeness (QED) is 0.854. The van der Waals surface area contributed by atoms with Crippen LogP contribution < -0.4 is 0 Å². The van der Waals surface area contributed by atoms with E-state index in [1.54, 1.807) is 6.20 Å². The summed E-state index contributed by atoms with van der Waals surface area (Å²) in [4.78, 5) is 13.3. The van der Waals surface area contributed by atoms with Crippen LogP contribution >= 0.6 is 0 Å². The number of carbonyl (C=O) groups is 1. The first-order valence-corrected chi connectivity index (χ1v) is 6.11. The van der Waals surface area contributed by atoms with Crippen molar-refractivity contribution in [2.45, 2.75) is 39.4 Å². The molecular weight excluding hydrogens is 218 g/mol. The van der Waals surface area contributed by atoms with Gasteiger partial charge >= 0.3 is 5.97 Å². The molecule has 0 aromatic carbocycles. The number of carboxylic acids is 1. The van der Waals surface area contributed by atoms with E-state index in [0.717, 1.165) is 25.2 Å². The zero-order chi connectivity index (χ0) is 12.4. The van der Waals surface area contributed by atoms with E-state index in [1.807, 2.05) is 29.5 Å². The van der Waals surface area contributed by atoms with E-state index in [9.17, 15) is 9.90 Å². The average molecular weight is 237 g/mol. The maximum atomic E-state index is 11.2. The Morgan fingerprint density at radius 1 is 1.65 bits per heavy atom. The van der Waals surface area contributed by atoms with Gasteiger partial charge in [-0.15, -0.1) is 0 Å². The highest BCUT2D eigenvalue weighted by molar-refractivity contribution is 5.74. The number of aryl methyl sites for hydroxylation is 1. The molecule has 1 aliphatic heterocycles. The fraction of sp³-hybridized carbons (Fsp3) is 0.667. The van der Waals surface area contributed by atoms with E-state index in [0.29, 0.717) is 6.54 Å². The van der Waals surface area contributed by atoms with E-state index < -0.39 is 5.97 Å². The van der Waals surface area contributed by atoms with Gasteiger partial charge in [0.05, 0.1) is 5.69 Å². The van der Waals surface area contributed by atoms with Gasteiger partial charge in [0, 0.05) is 19.3 Å². The Morgan fingerprint density at radius 2 is 2.41 bits per heavy atom. The molecule has 2 atom stereocenters. The van der Waals surface area contributed by atoms with Crippen LogP contribution in [0.15, 0.2) is 12.3 Å². The van der Waals surface area contributed by atoms with Crippen LogP contribution in [0.2, 0.25) is 0 Å². The van der Waals surface area contributed by atoms with Gasteiger partial charge in [0.25, 0.3) is 0 Å². The van der Waals surface area contributed by atoms with Crippen LogP contribution in [-0.2, 0) is 17.9 Å². The molecule has 0 radical (unpaired) electrons. The van der Waals surface area contributed by atoms with Crippen LogP contribution in [0.25, 0.3) is 0 Å². The zero-order valence-electron chi connectivity index (χ0n) is 10.3. The number of aromatic nitrogens is 2. The molecule has 2 unspecified atom stereocenters. The molecule has 1 aromatic heterocycles. The van der Waals surface area contributed by atoms with Crippen molar-refractivity contribution in [2.24, 2.45) is 5.92 Å². The van der Waals surface area contributed by atoms with Gasteiger partial charge in [-0.1, -0.05) is 6.92 Å². The second-order valence-electron chi connectivity index (χ2n) is 4.66. The summed E-state index contributed by atoms with van der Waals surface area (Å²) in [5.74, 6) is -0.483. The molecule has 17 heavy (non-hydrogen) atoms. The van der Waals surface area contributed by atoms with E-state index >= 15 is 0 Å². The first kappa shape index (κ1) is 12.1. The first-order chi connectivity index (χ1) is 8.13. The molecule has 0 amide bonds. The zero-order valence-corrected chi connectivity index (χ0v) is 10.3. The maximum Gasteiger partial charge on any atom is 0.321 e. The van der Waals surface area contributed by atoms with Gasteiger partial charge in [-0.3, -0.25) is 14.4 Å². The minimum absolute atomic E-state index is 0.227. The molecule has 5 heteroatoms. The van der Waals surface area contributed by atoms with Crippen molar-refractivity contribution in [2.75, 3.05) is 6.54 Å². The number of hydrogen-bond donors (Lipinski definition) is 1. The Kier molecular flexibility index (Phi) is 3.47. The smallest absolute Gasteiger partial charge is 0.321 e. The van der Waals surface area contributed by atoms with Crippen molar-refractivity contribution in [3.05, 3.63) is 18.0 Å². The predicted molar refractivity (Wildman–Crippen MR) is 63.5 cm³/mol. The summed E-state index contributed by atoms with van der Waals surface area (Å²) in [5.41, 5.74) is 1.09. The molecule has 94 valence electrons. The maximum absolute atomic E-state index is 11.2. The average Bonchev–Trinajstić information content (AvgIpc) is 2.86. The summed E-state index contributed by atoms with van der Waals surface area (Å²) >= 11 is 0. The van der Waals surface area contributed by atoms with Gasteiger partial charge in [0.1, 0.15) is 6.04 Å². The fourth-order valence-corrected chi connectivity index (χ4v) is 2.59. The van der Waals surface area contributed by atoms with Crippen LogP contribution in [0.3, 0.4) is 0 Å². The topological polar surface area (TPSA) is 58.4 Å². The third-order valence-corrected chi connectivity index (χ3v) is 3.53. The van der Waals surface area contributed by atoms with Crippen LogP contribution in [0.1, 0.15) is 26.0 Å². The third-order valence-electron chi connectivity index (χ3n) is 3.53. The Morgan fingerprint density at radius 3 is 3.06 bits per heavy atom. The van der Waals surface area contributed by atoms with Gasteiger partial charge in [-0.25, -0.2) is 0 Å². The van der Waals surface area contributed by atoms with Crippen LogP contribution in [-0.4, -0.2) is 38.3 Å². The summed E-state index contributed by atoms with van der Waals surface area (Å²) in [6, 6.07) is 1.61. The van der Waals surface area contributed by atoms with Gasteiger partial charge in [-0.2, -0.15) is 5.10 Å². The minimum atomic E-state index is -0.711. The summed E-state index contributed by atoms with van der Waals surface area (Å²) < 4.78 is 1.92. The molecular formula is C12H19N3O2.